The molecule has 0 bridgehead atoms. The second kappa shape index (κ2) is 8.47. The molecule has 0 spiro atoms. The van der Waals surface area contributed by atoms with E-state index in [2.05, 4.69) is 10.0 Å². The van der Waals surface area contributed by atoms with Gasteiger partial charge in [-0.25, -0.2) is 13.1 Å². The van der Waals surface area contributed by atoms with E-state index in [4.69, 9.17) is 0 Å². The fourth-order valence-electron chi connectivity index (χ4n) is 2.44. The van der Waals surface area contributed by atoms with E-state index in [1.54, 1.807) is 12.1 Å². The second-order valence-corrected chi connectivity index (χ2v) is 8.99. The van der Waals surface area contributed by atoms with Gasteiger partial charge in [-0.15, -0.1) is 0 Å². The highest BCUT2D eigenvalue weighted by Gasteiger charge is 2.18. The first-order valence-electron chi connectivity index (χ1n) is 8.63. The molecule has 2 aromatic carbocycles. The maximum Gasteiger partial charge on any atom is 0.251 e. The van der Waals surface area contributed by atoms with Gasteiger partial charge >= 0.3 is 0 Å². The molecule has 0 aromatic heterocycles. The topological polar surface area (TPSA) is 75.3 Å². The predicted molar refractivity (Wildman–Crippen MR) is 104 cm³/mol. The number of aryl methyl sites for hydroxylation is 1. The highest BCUT2D eigenvalue weighted by atomic mass is 32.2. The number of carbonyl (C=O) groups excluding carboxylic acids is 1. The third-order valence-corrected chi connectivity index (χ3v) is 5.13. The fraction of sp³-hybridized carbons (Fsp3) is 0.350. The van der Waals surface area contributed by atoms with Gasteiger partial charge in [0.1, 0.15) is 0 Å². The Morgan fingerprint density at radius 2 is 1.69 bits per heavy atom. The number of hydrogen-bond acceptors (Lipinski definition) is 3. The quantitative estimate of drug-likeness (QED) is 0.731. The standard InChI is InChI=1S/C20H26N2O3S/c1-20(2,3)22-19(23)17-12-7-13-18(15-17)26(24,25)21-14-8-11-16-9-5-4-6-10-16/h4-7,9-10,12-13,15,21H,8,11,14H2,1-3H3,(H,22,23). The van der Waals surface area contributed by atoms with Crippen LogP contribution in [0.2, 0.25) is 0 Å². The smallest absolute Gasteiger partial charge is 0.251 e. The molecular weight excluding hydrogens is 348 g/mol. The number of sulfonamides is 1. The summed E-state index contributed by atoms with van der Waals surface area (Å²) in [5, 5.41) is 2.83. The summed E-state index contributed by atoms with van der Waals surface area (Å²) in [6.45, 7) is 5.97. The van der Waals surface area contributed by atoms with Gasteiger partial charge in [-0.05, 0) is 57.4 Å². The van der Waals surface area contributed by atoms with Crippen molar-refractivity contribution in [2.45, 2.75) is 44.0 Å². The van der Waals surface area contributed by atoms with Crippen LogP contribution in [0.25, 0.3) is 0 Å². The maximum atomic E-state index is 12.5. The number of nitrogens with one attached hydrogen (secondary N) is 2. The lowest BCUT2D eigenvalue weighted by molar-refractivity contribution is 0.0919. The van der Waals surface area contributed by atoms with Crippen molar-refractivity contribution in [2.24, 2.45) is 0 Å². The molecule has 0 unspecified atom stereocenters. The van der Waals surface area contributed by atoms with Crippen LogP contribution in [0.15, 0.2) is 59.5 Å². The van der Waals surface area contributed by atoms with Crippen LogP contribution < -0.4 is 10.0 Å². The Balaban J connectivity index is 1.98. The summed E-state index contributed by atoms with van der Waals surface area (Å²) >= 11 is 0. The number of carbonyl (C=O) groups is 1. The van der Waals surface area contributed by atoms with Gasteiger partial charge in [-0.2, -0.15) is 0 Å². The zero-order valence-corrected chi connectivity index (χ0v) is 16.3. The van der Waals surface area contributed by atoms with Crippen molar-refractivity contribution in [1.82, 2.24) is 10.0 Å². The van der Waals surface area contributed by atoms with E-state index in [9.17, 15) is 13.2 Å². The summed E-state index contributed by atoms with van der Waals surface area (Å²) in [6.07, 6.45) is 1.50. The summed E-state index contributed by atoms with van der Waals surface area (Å²) in [4.78, 5) is 12.3. The van der Waals surface area contributed by atoms with Crippen molar-refractivity contribution in [3.63, 3.8) is 0 Å². The highest BCUT2D eigenvalue weighted by molar-refractivity contribution is 7.89. The first kappa shape index (κ1) is 20.1. The maximum absolute atomic E-state index is 12.5. The molecule has 140 valence electrons. The lowest BCUT2D eigenvalue weighted by atomic mass is 10.1. The first-order chi connectivity index (χ1) is 12.2. The average molecular weight is 375 g/mol. The normalized spacial score (nSPS) is 12.0. The molecule has 0 aliphatic carbocycles. The summed E-state index contributed by atoms with van der Waals surface area (Å²) in [7, 11) is -3.64. The van der Waals surface area contributed by atoms with E-state index in [-0.39, 0.29) is 16.3 Å². The van der Waals surface area contributed by atoms with Crippen LogP contribution in [-0.2, 0) is 16.4 Å². The zero-order chi connectivity index (χ0) is 19.2. The van der Waals surface area contributed by atoms with Crippen molar-refractivity contribution in [1.29, 1.82) is 0 Å². The van der Waals surface area contributed by atoms with Gasteiger partial charge in [0.05, 0.1) is 4.90 Å². The molecule has 0 aliphatic rings. The minimum absolute atomic E-state index is 0.0961. The predicted octanol–water partition coefficient (Wildman–Crippen LogP) is 3.13. The Labute approximate surface area is 155 Å². The lowest BCUT2D eigenvalue weighted by Crippen LogP contribution is -2.40. The molecule has 6 heteroatoms. The second-order valence-electron chi connectivity index (χ2n) is 7.22. The van der Waals surface area contributed by atoms with Crippen molar-refractivity contribution in [3.05, 3.63) is 65.7 Å². The van der Waals surface area contributed by atoms with Crippen LogP contribution in [0.3, 0.4) is 0 Å². The third-order valence-electron chi connectivity index (χ3n) is 3.67. The van der Waals surface area contributed by atoms with Crippen LogP contribution in [0.5, 0.6) is 0 Å². The first-order valence-corrected chi connectivity index (χ1v) is 10.1. The number of amides is 1. The molecule has 2 aromatic rings. The minimum Gasteiger partial charge on any atom is -0.347 e. The number of rotatable bonds is 7. The van der Waals surface area contributed by atoms with Crippen LogP contribution in [0.1, 0.15) is 43.1 Å². The Morgan fingerprint density at radius 3 is 2.35 bits per heavy atom. The van der Waals surface area contributed by atoms with Crippen molar-refractivity contribution in [3.8, 4) is 0 Å². The molecule has 26 heavy (non-hydrogen) atoms. The highest BCUT2D eigenvalue weighted by Crippen LogP contribution is 2.13. The molecule has 0 fully saturated rings. The number of benzene rings is 2. The lowest BCUT2D eigenvalue weighted by Gasteiger charge is -2.20. The van der Waals surface area contributed by atoms with E-state index >= 15 is 0 Å². The molecule has 0 atom stereocenters. The van der Waals surface area contributed by atoms with Gasteiger partial charge in [0, 0.05) is 17.6 Å². The summed E-state index contributed by atoms with van der Waals surface area (Å²) in [6, 6.07) is 16.0. The summed E-state index contributed by atoms with van der Waals surface area (Å²) in [5.74, 6) is -0.293. The monoisotopic (exact) mass is 374 g/mol. The van der Waals surface area contributed by atoms with Crippen molar-refractivity contribution in [2.75, 3.05) is 6.54 Å². The molecule has 0 saturated heterocycles. The minimum atomic E-state index is -3.64. The van der Waals surface area contributed by atoms with Crippen molar-refractivity contribution < 1.29 is 13.2 Å². The van der Waals surface area contributed by atoms with E-state index in [0.29, 0.717) is 18.5 Å². The number of hydrogen-bond donors (Lipinski definition) is 2. The van der Waals surface area contributed by atoms with E-state index in [0.717, 1.165) is 6.42 Å². The van der Waals surface area contributed by atoms with E-state index in [1.807, 2.05) is 51.1 Å². The molecule has 1 amide bonds. The molecule has 0 heterocycles. The molecule has 5 nitrogen and oxygen atoms in total. The fourth-order valence-corrected chi connectivity index (χ4v) is 3.56. The Bertz CT molecular complexity index is 841. The van der Waals surface area contributed by atoms with Gasteiger partial charge in [0.2, 0.25) is 10.0 Å². The average Bonchev–Trinajstić information content (AvgIpc) is 2.58. The van der Waals surface area contributed by atoms with Crippen molar-refractivity contribution >= 4 is 15.9 Å². The van der Waals surface area contributed by atoms with Crippen LogP contribution in [0, 0.1) is 0 Å². The Kier molecular flexibility index (Phi) is 6.56. The Hall–Kier alpha value is -2.18. The van der Waals surface area contributed by atoms with Crippen LogP contribution in [-0.4, -0.2) is 26.4 Å². The van der Waals surface area contributed by atoms with Crippen LogP contribution in [0.4, 0.5) is 0 Å². The third kappa shape index (κ3) is 6.28. The van der Waals surface area contributed by atoms with Gasteiger partial charge in [0.25, 0.3) is 5.91 Å². The van der Waals surface area contributed by atoms with Gasteiger partial charge in [0.15, 0.2) is 0 Å². The molecule has 0 radical (unpaired) electrons. The Morgan fingerprint density at radius 1 is 1.00 bits per heavy atom. The summed E-state index contributed by atoms with van der Waals surface area (Å²) in [5.41, 5.74) is 1.11. The summed E-state index contributed by atoms with van der Waals surface area (Å²) < 4.78 is 27.5. The molecule has 2 rings (SSSR count). The van der Waals surface area contributed by atoms with Gasteiger partial charge in [-0.1, -0.05) is 36.4 Å². The largest absolute Gasteiger partial charge is 0.347 e. The van der Waals surface area contributed by atoms with Crippen LogP contribution >= 0.6 is 0 Å². The van der Waals surface area contributed by atoms with Gasteiger partial charge < -0.3 is 5.32 Å². The SMILES string of the molecule is CC(C)(C)NC(=O)c1cccc(S(=O)(=O)NCCCc2ccccc2)c1. The molecule has 0 saturated carbocycles. The zero-order valence-electron chi connectivity index (χ0n) is 15.5. The van der Waals surface area contributed by atoms with Gasteiger partial charge in [-0.3, -0.25) is 4.79 Å². The molecular formula is C20H26N2O3S. The molecule has 0 aliphatic heterocycles. The van der Waals surface area contributed by atoms with E-state index in [1.165, 1.54) is 17.7 Å². The molecule has 2 N–H and O–H groups in total. The van der Waals surface area contributed by atoms with E-state index < -0.39 is 10.0 Å².